The minimum Gasteiger partial charge on any atom is -0.497 e. The Bertz CT molecular complexity index is 470. The van der Waals surface area contributed by atoms with Gasteiger partial charge < -0.3 is 10.5 Å². The second kappa shape index (κ2) is 6.64. The topological polar surface area (TPSA) is 35.2 Å². The Balaban J connectivity index is 0.00000144. The maximum atomic E-state index is 5.59. The number of thiophene rings is 1. The lowest BCUT2D eigenvalue weighted by atomic mass is 10.1. The largest absolute Gasteiger partial charge is 0.497 e. The van der Waals surface area contributed by atoms with Gasteiger partial charge in [0.1, 0.15) is 5.75 Å². The SMILES string of the molecule is COc1cccc(Cc2csc(CN)c2)c1.Cl. The van der Waals surface area contributed by atoms with Gasteiger partial charge in [-0.25, -0.2) is 0 Å². The summed E-state index contributed by atoms with van der Waals surface area (Å²) in [4.78, 5) is 1.23. The summed E-state index contributed by atoms with van der Waals surface area (Å²) in [5.74, 6) is 0.909. The van der Waals surface area contributed by atoms with Gasteiger partial charge in [-0.1, -0.05) is 12.1 Å². The van der Waals surface area contributed by atoms with Crippen LogP contribution >= 0.6 is 23.7 Å². The predicted octanol–water partition coefficient (Wildman–Crippen LogP) is 3.23. The van der Waals surface area contributed by atoms with Gasteiger partial charge >= 0.3 is 0 Å². The minimum absolute atomic E-state index is 0. The summed E-state index contributed by atoms with van der Waals surface area (Å²) in [6, 6.07) is 10.3. The van der Waals surface area contributed by atoms with Gasteiger partial charge in [0.05, 0.1) is 7.11 Å². The number of halogens is 1. The van der Waals surface area contributed by atoms with E-state index in [1.54, 1.807) is 18.4 Å². The van der Waals surface area contributed by atoms with Gasteiger partial charge in [0.25, 0.3) is 0 Å². The third-order valence-corrected chi connectivity index (χ3v) is 3.46. The zero-order valence-electron chi connectivity index (χ0n) is 9.68. The first-order chi connectivity index (χ1) is 7.81. The Morgan fingerprint density at radius 3 is 2.71 bits per heavy atom. The standard InChI is InChI=1S/C13H15NOS.ClH/c1-15-12-4-2-3-10(6-12)5-11-7-13(8-14)16-9-11;/h2-4,6-7,9H,5,8,14H2,1H3;1H. The molecule has 0 fully saturated rings. The van der Waals surface area contributed by atoms with E-state index in [0.717, 1.165) is 12.2 Å². The molecule has 2 nitrogen and oxygen atoms in total. The quantitative estimate of drug-likeness (QED) is 0.925. The number of ether oxygens (including phenoxy) is 1. The van der Waals surface area contributed by atoms with E-state index in [1.165, 1.54) is 16.0 Å². The van der Waals surface area contributed by atoms with E-state index < -0.39 is 0 Å². The van der Waals surface area contributed by atoms with Crippen LogP contribution in [-0.2, 0) is 13.0 Å². The molecule has 2 rings (SSSR count). The Hall–Kier alpha value is -1.03. The third-order valence-electron chi connectivity index (χ3n) is 2.45. The number of nitrogens with two attached hydrogens (primary N) is 1. The van der Waals surface area contributed by atoms with E-state index in [9.17, 15) is 0 Å². The van der Waals surface area contributed by atoms with Crippen molar-refractivity contribution >= 4 is 23.7 Å². The number of hydrogen-bond donors (Lipinski definition) is 1. The smallest absolute Gasteiger partial charge is 0.119 e. The summed E-state index contributed by atoms with van der Waals surface area (Å²) in [6.07, 6.45) is 0.938. The number of methoxy groups -OCH3 is 1. The lowest BCUT2D eigenvalue weighted by Gasteiger charge is -2.02. The highest BCUT2D eigenvalue weighted by Gasteiger charge is 2.01. The summed E-state index contributed by atoms with van der Waals surface area (Å²) in [5, 5.41) is 2.17. The highest BCUT2D eigenvalue weighted by atomic mass is 35.5. The molecule has 0 aliphatic rings. The molecule has 0 saturated heterocycles. The van der Waals surface area contributed by atoms with Gasteiger partial charge in [0, 0.05) is 11.4 Å². The molecule has 92 valence electrons. The minimum atomic E-state index is 0. The van der Waals surface area contributed by atoms with Gasteiger partial charge in [0.15, 0.2) is 0 Å². The summed E-state index contributed by atoms with van der Waals surface area (Å²) in [6.45, 7) is 0.628. The summed E-state index contributed by atoms with van der Waals surface area (Å²) >= 11 is 1.72. The van der Waals surface area contributed by atoms with Crippen LogP contribution < -0.4 is 10.5 Å². The van der Waals surface area contributed by atoms with E-state index in [4.69, 9.17) is 10.5 Å². The van der Waals surface area contributed by atoms with E-state index in [2.05, 4.69) is 23.6 Å². The fraction of sp³-hybridized carbons (Fsp3) is 0.231. The molecule has 1 aromatic carbocycles. The van der Waals surface area contributed by atoms with Crippen molar-refractivity contribution in [3.05, 3.63) is 51.7 Å². The second-order valence-electron chi connectivity index (χ2n) is 3.65. The number of benzene rings is 1. The molecule has 0 aliphatic carbocycles. The Morgan fingerprint density at radius 2 is 2.06 bits per heavy atom. The van der Waals surface area contributed by atoms with Crippen LogP contribution in [0.4, 0.5) is 0 Å². The van der Waals surface area contributed by atoms with Crippen LogP contribution in [0.25, 0.3) is 0 Å². The molecule has 0 unspecified atom stereocenters. The van der Waals surface area contributed by atoms with Crippen molar-refractivity contribution in [2.24, 2.45) is 5.73 Å². The van der Waals surface area contributed by atoms with Crippen LogP contribution in [0, 0.1) is 0 Å². The first-order valence-electron chi connectivity index (χ1n) is 5.21. The van der Waals surface area contributed by atoms with Crippen molar-refractivity contribution in [2.75, 3.05) is 7.11 Å². The molecular weight excluding hydrogens is 254 g/mol. The highest BCUT2D eigenvalue weighted by molar-refractivity contribution is 7.10. The maximum Gasteiger partial charge on any atom is 0.119 e. The first-order valence-corrected chi connectivity index (χ1v) is 6.09. The second-order valence-corrected chi connectivity index (χ2v) is 4.65. The normalized spacial score (nSPS) is 9.76. The molecule has 0 amide bonds. The van der Waals surface area contributed by atoms with Crippen molar-refractivity contribution in [3.63, 3.8) is 0 Å². The van der Waals surface area contributed by atoms with Gasteiger partial charge in [-0.2, -0.15) is 0 Å². The van der Waals surface area contributed by atoms with Gasteiger partial charge in [-0.15, -0.1) is 23.7 Å². The number of rotatable bonds is 4. The summed E-state index contributed by atoms with van der Waals surface area (Å²) < 4.78 is 5.20. The summed E-state index contributed by atoms with van der Waals surface area (Å²) in [7, 11) is 1.69. The molecule has 2 aromatic rings. The molecule has 0 spiro atoms. The fourth-order valence-corrected chi connectivity index (χ4v) is 2.41. The van der Waals surface area contributed by atoms with Crippen LogP contribution in [-0.4, -0.2) is 7.11 Å². The molecule has 1 aromatic heterocycles. The predicted molar refractivity (Wildman–Crippen MR) is 75.3 cm³/mol. The van der Waals surface area contributed by atoms with Gasteiger partial charge in [0.2, 0.25) is 0 Å². The van der Waals surface area contributed by atoms with Crippen LogP contribution in [0.1, 0.15) is 16.0 Å². The van der Waals surface area contributed by atoms with Gasteiger partial charge in [-0.05, 0) is 41.1 Å². The first kappa shape index (κ1) is 14.0. The monoisotopic (exact) mass is 269 g/mol. The molecular formula is C13H16ClNOS. The van der Waals surface area contributed by atoms with E-state index in [-0.39, 0.29) is 12.4 Å². The molecule has 4 heteroatoms. The lowest BCUT2D eigenvalue weighted by Crippen LogP contribution is -1.92. The van der Waals surface area contributed by atoms with Crippen LogP contribution in [0.3, 0.4) is 0 Å². The Labute approximate surface area is 112 Å². The zero-order chi connectivity index (χ0) is 11.4. The van der Waals surface area contributed by atoms with Crippen molar-refractivity contribution in [1.82, 2.24) is 0 Å². The van der Waals surface area contributed by atoms with E-state index in [0.29, 0.717) is 6.54 Å². The van der Waals surface area contributed by atoms with Crippen LogP contribution in [0.5, 0.6) is 5.75 Å². The zero-order valence-corrected chi connectivity index (χ0v) is 11.3. The highest BCUT2D eigenvalue weighted by Crippen LogP contribution is 2.20. The number of hydrogen-bond acceptors (Lipinski definition) is 3. The Morgan fingerprint density at radius 1 is 1.24 bits per heavy atom. The van der Waals surface area contributed by atoms with Crippen molar-refractivity contribution < 1.29 is 4.74 Å². The average Bonchev–Trinajstić information content (AvgIpc) is 2.77. The van der Waals surface area contributed by atoms with E-state index >= 15 is 0 Å². The molecule has 0 radical (unpaired) electrons. The van der Waals surface area contributed by atoms with Crippen LogP contribution in [0.15, 0.2) is 35.7 Å². The molecule has 2 N–H and O–H groups in total. The molecule has 0 atom stereocenters. The fourth-order valence-electron chi connectivity index (χ4n) is 1.64. The average molecular weight is 270 g/mol. The molecule has 0 aliphatic heterocycles. The van der Waals surface area contributed by atoms with Crippen molar-refractivity contribution in [3.8, 4) is 5.75 Å². The van der Waals surface area contributed by atoms with Crippen molar-refractivity contribution in [1.29, 1.82) is 0 Å². The van der Waals surface area contributed by atoms with E-state index in [1.807, 2.05) is 12.1 Å². The molecule has 0 saturated carbocycles. The molecule has 0 bridgehead atoms. The Kier molecular flexibility index (Phi) is 5.48. The van der Waals surface area contributed by atoms with Crippen molar-refractivity contribution in [2.45, 2.75) is 13.0 Å². The molecule has 1 heterocycles. The molecule has 17 heavy (non-hydrogen) atoms. The lowest BCUT2D eigenvalue weighted by molar-refractivity contribution is 0.414. The van der Waals surface area contributed by atoms with Gasteiger partial charge in [-0.3, -0.25) is 0 Å². The third kappa shape index (κ3) is 3.73. The van der Waals surface area contributed by atoms with Crippen LogP contribution in [0.2, 0.25) is 0 Å². The maximum absolute atomic E-state index is 5.59. The summed E-state index contributed by atoms with van der Waals surface area (Å²) in [5.41, 5.74) is 8.18.